The third-order valence-corrected chi connectivity index (χ3v) is 4.27. The van der Waals surface area contributed by atoms with Gasteiger partial charge in [-0.25, -0.2) is 0 Å². The Morgan fingerprint density at radius 1 is 1.38 bits per heavy atom. The monoisotopic (exact) mass is 314 g/mol. The van der Waals surface area contributed by atoms with Crippen molar-refractivity contribution in [2.75, 3.05) is 26.9 Å². The molecule has 1 aromatic carbocycles. The molecule has 0 radical (unpaired) electrons. The number of methoxy groups -OCH3 is 1. The number of ether oxygens (including phenoxy) is 3. The maximum atomic E-state index is 10.7. The summed E-state index contributed by atoms with van der Waals surface area (Å²) in [6, 6.07) is 5.44. The van der Waals surface area contributed by atoms with Crippen molar-refractivity contribution in [1.82, 2.24) is 0 Å². The zero-order chi connectivity index (χ0) is 15.3. The van der Waals surface area contributed by atoms with Crippen molar-refractivity contribution in [3.8, 4) is 5.75 Å². The molecule has 1 aromatic rings. The van der Waals surface area contributed by atoms with E-state index in [4.69, 9.17) is 25.8 Å². The highest BCUT2D eigenvalue weighted by Crippen LogP contribution is 2.33. The van der Waals surface area contributed by atoms with Crippen LogP contribution in [0.15, 0.2) is 18.2 Å². The van der Waals surface area contributed by atoms with Crippen LogP contribution in [-0.4, -0.2) is 43.7 Å². The van der Waals surface area contributed by atoms with Crippen molar-refractivity contribution in [3.05, 3.63) is 28.8 Å². The summed E-state index contributed by atoms with van der Waals surface area (Å²) in [5.74, 6) is 0.733. The van der Waals surface area contributed by atoms with Gasteiger partial charge in [-0.1, -0.05) is 11.6 Å². The van der Waals surface area contributed by atoms with Gasteiger partial charge in [0.25, 0.3) is 0 Å². The molecule has 1 heterocycles. The molecule has 0 aromatic heterocycles. The van der Waals surface area contributed by atoms with E-state index in [0.717, 1.165) is 11.3 Å². The Balaban J connectivity index is 2.18. The highest BCUT2D eigenvalue weighted by molar-refractivity contribution is 6.30. The lowest BCUT2D eigenvalue weighted by Gasteiger charge is -2.40. The van der Waals surface area contributed by atoms with Gasteiger partial charge in [0.15, 0.2) is 0 Å². The van der Waals surface area contributed by atoms with Crippen molar-refractivity contribution in [1.29, 1.82) is 0 Å². The van der Waals surface area contributed by atoms with E-state index in [2.05, 4.69) is 0 Å². The molecule has 1 aliphatic rings. The van der Waals surface area contributed by atoms with Crippen LogP contribution in [0.25, 0.3) is 0 Å². The predicted octanol–water partition coefficient (Wildman–Crippen LogP) is 2.84. The van der Waals surface area contributed by atoms with Crippen LogP contribution in [-0.2, 0) is 15.9 Å². The third kappa shape index (κ3) is 3.89. The first kappa shape index (κ1) is 16.6. The summed E-state index contributed by atoms with van der Waals surface area (Å²) in [5, 5.41) is 11.4. The van der Waals surface area contributed by atoms with Crippen LogP contribution in [0, 0.1) is 0 Å². The molecule has 1 saturated heterocycles. The van der Waals surface area contributed by atoms with Crippen molar-refractivity contribution < 1.29 is 19.3 Å². The Labute approximate surface area is 131 Å². The summed E-state index contributed by atoms with van der Waals surface area (Å²) in [7, 11) is 1.62. The van der Waals surface area contributed by atoms with Gasteiger partial charge in [-0.15, -0.1) is 0 Å². The average molecular weight is 315 g/mol. The van der Waals surface area contributed by atoms with Crippen LogP contribution in [0.1, 0.15) is 25.3 Å². The molecule has 1 fully saturated rings. The molecule has 1 aliphatic heterocycles. The molecular weight excluding hydrogens is 292 g/mol. The second-order valence-corrected chi connectivity index (χ2v) is 5.72. The van der Waals surface area contributed by atoms with Crippen molar-refractivity contribution in [2.24, 2.45) is 0 Å². The van der Waals surface area contributed by atoms with Crippen LogP contribution in [0.3, 0.4) is 0 Å². The van der Waals surface area contributed by atoms with E-state index in [-0.39, 0.29) is 0 Å². The number of hydrogen-bond acceptors (Lipinski definition) is 4. The summed E-state index contributed by atoms with van der Waals surface area (Å²) >= 11 is 6.05. The third-order valence-electron chi connectivity index (χ3n) is 4.03. The molecule has 5 heteroatoms. The van der Waals surface area contributed by atoms with Gasteiger partial charge >= 0.3 is 0 Å². The molecular formula is C16H23ClO4. The van der Waals surface area contributed by atoms with Gasteiger partial charge in [0, 0.05) is 44.1 Å². The summed E-state index contributed by atoms with van der Waals surface area (Å²) in [5.41, 5.74) is 0.350. The number of aliphatic hydroxyl groups excluding tert-OH is 1. The summed E-state index contributed by atoms with van der Waals surface area (Å²) in [6.45, 7) is 3.75. The summed E-state index contributed by atoms with van der Waals surface area (Å²) in [4.78, 5) is 0. The molecule has 118 valence electrons. The molecule has 1 atom stereocenters. The number of benzene rings is 1. The number of hydrogen-bond donors (Lipinski definition) is 1. The van der Waals surface area contributed by atoms with E-state index in [1.165, 1.54) is 0 Å². The fourth-order valence-electron chi connectivity index (χ4n) is 2.88. The van der Waals surface area contributed by atoms with Crippen LogP contribution in [0.5, 0.6) is 5.75 Å². The fraction of sp³-hybridized carbons (Fsp3) is 0.625. The first-order valence-corrected chi connectivity index (χ1v) is 7.71. The Kier molecular flexibility index (Phi) is 5.88. The van der Waals surface area contributed by atoms with Crippen LogP contribution in [0.2, 0.25) is 5.02 Å². The highest BCUT2D eigenvalue weighted by Gasteiger charge is 2.40. The molecule has 0 aliphatic carbocycles. The average Bonchev–Trinajstić information content (AvgIpc) is 2.49. The van der Waals surface area contributed by atoms with E-state index in [9.17, 15) is 5.11 Å². The van der Waals surface area contributed by atoms with E-state index in [1.807, 2.05) is 19.1 Å². The van der Waals surface area contributed by atoms with E-state index < -0.39 is 11.7 Å². The second kappa shape index (κ2) is 7.45. The maximum absolute atomic E-state index is 10.7. The minimum atomic E-state index is -0.617. The smallest absolute Gasteiger partial charge is 0.122 e. The van der Waals surface area contributed by atoms with Crippen molar-refractivity contribution in [2.45, 2.75) is 37.9 Å². The standard InChI is InChI=1S/C16H23ClO4/c1-3-21-16(6-8-20-9-7-16)15(18)11-12-10-13(17)4-5-14(12)19-2/h4-5,10,15,18H,3,6-9,11H2,1-2H3. The summed E-state index contributed by atoms with van der Waals surface area (Å²) < 4.78 is 16.6. The quantitative estimate of drug-likeness (QED) is 0.877. The zero-order valence-electron chi connectivity index (χ0n) is 12.6. The molecule has 0 bridgehead atoms. The lowest BCUT2D eigenvalue weighted by Crippen LogP contribution is -2.50. The molecule has 4 nitrogen and oxygen atoms in total. The van der Waals surface area contributed by atoms with Crippen molar-refractivity contribution >= 4 is 11.6 Å². The molecule has 1 N–H and O–H groups in total. The minimum Gasteiger partial charge on any atom is -0.496 e. The van der Waals surface area contributed by atoms with Crippen LogP contribution in [0.4, 0.5) is 0 Å². The minimum absolute atomic E-state index is 0.448. The number of rotatable bonds is 6. The Morgan fingerprint density at radius 2 is 2.10 bits per heavy atom. The molecule has 0 amide bonds. The Bertz CT molecular complexity index is 452. The van der Waals surface area contributed by atoms with Crippen LogP contribution < -0.4 is 4.74 Å². The maximum Gasteiger partial charge on any atom is 0.122 e. The van der Waals surface area contributed by atoms with Gasteiger partial charge in [-0.05, 0) is 30.7 Å². The largest absolute Gasteiger partial charge is 0.496 e. The molecule has 0 saturated carbocycles. The summed E-state index contributed by atoms with van der Waals surface area (Å²) in [6.07, 6.45) is 1.23. The molecule has 0 spiro atoms. The van der Waals surface area contributed by atoms with Crippen molar-refractivity contribution in [3.63, 3.8) is 0 Å². The Hall–Kier alpha value is -0.810. The Morgan fingerprint density at radius 3 is 2.71 bits per heavy atom. The number of halogens is 1. The zero-order valence-corrected chi connectivity index (χ0v) is 13.4. The van der Waals surface area contributed by atoms with E-state index >= 15 is 0 Å². The van der Waals surface area contributed by atoms with Gasteiger partial charge in [0.2, 0.25) is 0 Å². The van der Waals surface area contributed by atoms with Crippen LogP contribution >= 0.6 is 11.6 Å². The first-order valence-electron chi connectivity index (χ1n) is 7.33. The predicted molar refractivity (Wildman–Crippen MR) is 82.1 cm³/mol. The SMILES string of the molecule is CCOC1(C(O)Cc2cc(Cl)ccc2OC)CCOCC1. The normalized spacial score (nSPS) is 19.2. The number of aliphatic hydroxyl groups is 1. The van der Waals surface area contributed by atoms with E-state index in [1.54, 1.807) is 13.2 Å². The lowest BCUT2D eigenvalue weighted by molar-refractivity contribution is -0.165. The molecule has 21 heavy (non-hydrogen) atoms. The van der Waals surface area contributed by atoms with Gasteiger partial charge < -0.3 is 19.3 Å². The lowest BCUT2D eigenvalue weighted by atomic mass is 9.84. The van der Waals surface area contributed by atoms with Gasteiger partial charge in [-0.3, -0.25) is 0 Å². The first-order chi connectivity index (χ1) is 10.1. The van der Waals surface area contributed by atoms with Gasteiger partial charge in [0.05, 0.1) is 18.8 Å². The second-order valence-electron chi connectivity index (χ2n) is 5.29. The van der Waals surface area contributed by atoms with Gasteiger partial charge in [0.1, 0.15) is 5.75 Å². The van der Waals surface area contributed by atoms with E-state index in [0.29, 0.717) is 44.1 Å². The highest BCUT2D eigenvalue weighted by atomic mass is 35.5. The molecule has 1 unspecified atom stereocenters. The van der Waals surface area contributed by atoms with Gasteiger partial charge in [-0.2, -0.15) is 0 Å². The topological polar surface area (TPSA) is 47.9 Å². The fourth-order valence-corrected chi connectivity index (χ4v) is 3.07. The molecule has 2 rings (SSSR count).